The molecule has 4 atom stereocenters. The maximum atomic E-state index is 11.9. The monoisotopic (exact) mass is 490 g/mol. The number of nitrogens with zero attached hydrogens (tertiary/aromatic N) is 4. The number of aromatic nitrogens is 4. The van der Waals surface area contributed by atoms with Gasteiger partial charge in [-0.1, -0.05) is 19.1 Å². The first kappa shape index (κ1) is 22.9. The summed E-state index contributed by atoms with van der Waals surface area (Å²) in [5, 5.41) is 3.66. The molecule has 3 aromatic rings. The first-order chi connectivity index (χ1) is 17.2. The van der Waals surface area contributed by atoms with Crippen LogP contribution >= 0.6 is 0 Å². The minimum Gasteiger partial charge on any atom is -0.480 e. The lowest BCUT2D eigenvalue weighted by atomic mass is 9.80. The summed E-state index contributed by atoms with van der Waals surface area (Å²) in [5.74, 6) is 0.567. The number of nitrogens with two attached hydrogens (primary N) is 1. The van der Waals surface area contributed by atoms with Crippen LogP contribution in [0.15, 0.2) is 30.7 Å². The van der Waals surface area contributed by atoms with Crippen molar-refractivity contribution in [1.29, 1.82) is 0 Å². The van der Waals surface area contributed by atoms with Crippen molar-refractivity contribution in [3.63, 3.8) is 0 Å². The van der Waals surface area contributed by atoms with Gasteiger partial charge in [-0.3, -0.25) is 4.79 Å². The molecule has 3 aromatic heterocycles. The van der Waals surface area contributed by atoms with Gasteiger partial charge in [0.2, 0.25) is 0 Å². The number of fused-ring (bicyclic) bond motifs is 3. The fraction of sp³-hybridized carbons (Fsp3) is 0.462. The molecule has 0 spiro atoms. The molecule has 5 heterocycles. The fourth-order valence-corrected chi connectivity index (χ4v) is 5.91. The summed E-state index contributed by atoms with van der Waals surface area (Å²) in [4.78, 5) is 25.4. The molecule has 2 aliphatic heterocycles. The first-order valence-corrected chi connectivity index (χ1v) is 12.2. The average Bonchev–Trinajstić information content (AvgIpc) is 3.46. The lowest BCUT2D eigenvalue weighted by Gasteiger charge is -2.32. The topological polar surface area (TPSA) is 126 Å². The van der Waals surface area contributed by atoms with Gasteiger partial charge >= 0.3 is 0 Å². The molecular weight excluding hydrogens is 460 g/mol. The molecule has 1 amide bonds. The van der Waals surface area contributed by atoms with Crippen LogP contribution in [0.25, 0.3) is 17.1 Å². The zero-order valence-electron chi connectivity index (χ0n) is 20.8. The zero-order chi connectivity index (χ0) is 25.2. The fourth-order valence-electron chi connectivity index (χ4n) is 5.91. The second-order valence-corrected chi connectivity index (χ2v) is 10.6. The summed E-state index contributed by atoms with van der Waals surface area (Å²) >= 11 is 0. The first-order valence-electron chi connectivity index (χ1n) is 12.2. The van der Waals surface area contributed by atoms with Crippen LogP contribution < -0.4 is 15.8 Å². The van der Waals surface area contributed by atoms with Crippen LogP contribution in [-0.2, 0) is 20.7 Å². The third kappa shape index (κ3) is 3.63. The molecule has 1 saturated carbocycles. The number of hydrogen-bond acceptors (Lipinski definition) is 8. The van der Waals surface area contributed by atoms with Crippen LogP contribution in [0.4, 0.5) is 11.6 Å². The number of carbonyl (C=O) groups is 1. The molecule has 6 rings (SSSR count). The Morgan fingerprint density at radius 3 is 2.92 bits per heavy atom. The molecule has 188 valence electrons. The Hall–Kier alpha value is -3.50. The van der Waals surface area contributed by atoms with E-state index < -0.39 is 5.79 Å². The van der Waals surface area contributed by atoms with E-state index in [0.29, 0.717) is 23.8 Å². The van der Waals surface area contributed by atoms with E-state index >= 15 is 0 Å². The van der Waals surface area contributed by atoms with E-state index in [9.17, 15) is 4.79 Å². The zero-order valence-corrected chi connectivity index (χ0v) is 20.8. The van der Waals surface area contributed by atoms with Crippen molar-refractivity contribution in [1.82, 2.24) is 19.5 Å². The van der Waals surface area contributed by atoms with Crippen molar-refractivity contribution < 1.29 is 19.0 Å². The summed E-state index contributed by atoms with van der Waals surface area (Å²) in [6.45, 7) is 8.08. The molecule has 1 aliphatic carbocycles. The predicted octanol–water partition coefficient (Wildman–Crippen LogP) is 3.49. The smallest absolute Gasteiger partial charge is 0.263 e. The Morgan fingerprint density at radius 1 is 1.28 bits per heavy atom. The van der Waals surface area contributed by atoms with Crippen molar-refractivity contribution >= 4 is 34.7 Å². The van der Waals surface area contributed by atoms with Gasteiger partial charge in [-0.2, -0.15) is 0 Å². The summed E-state index contributed by atoms with van der Waals surface area (Å²) in [6.07, 6.45) is 8.56. The summed E-state index contributed by atoms with van der Waals surface area (Å²) < 4.78 is 20.7. The molecule has 0 radical (unpaired) electrons. The van der Waals surface area contributed by atoms with E-state index in [4.69, 9.17) is 24.9 Å². The Labute approximate surface area is 208 Å². The third-order valence-electron chi connectivity index (χ3n) is 7.40. The molecule has 1 saturated heterocycles. The average molecular weight is 491 g/mol. The molecule has 0 aromatic carbocycles. The molecule has 3 aliphatic rings. The van der Waals surface area contributed by atoms with Crippen molar-refractivity contribution in [2.75, 3.05) is 17.7 Å². The van der Waals surface area contributed by atoms with E-state index in [1.54, 1.807) is 0 Å². The van der Waals surface area contributed by atoms with E-state index in [0.717, 1.165) is 28.7 Å². The maximum absolute atomic E-state index is 11.9. The molecular formula is C26H30N6O4. The van der Waals surface area contributed by atoms with Crippen molar-refractivity contribution in [3.8, 4) is 5.75 Å². The van der Waals surface area contributed by atoms with Crippen LogP contribution in [0.2, 0.25) is 0 Å². The predicted molar refractivity (Wildman–Crippen MR) is 134 cm³/mol. The SMILES string of the molecule is C/C=C\c1cc2c(nc1C[C@@]1(C)C[C@@H](n3ccc4c(N)ncnc43)[C@@H]3OC(C)(C)O[C@@H]31)NC(=O)CO2. The van der Waals surface area contributed by atoms with E-state index in [1.165, 1.54) is 6.33 Å². The number of anilines is 2. The number of nitrogens with one attached hydrogen (secondary N) is 1. The minimum atomic E-state index is -0.719. The number of hydrogen-bond donors (Lipinski definition) is 2. The number of ether oxygens (including phenoxy) is 3. The molecule has 0 unspecified atom stereocenters. The molecule has 10 heteroatoms. The number of amides is 1. The summed E-state index contributed by atoms with van der Waals surface area (Å²) in [7, 11) is 0. The normalized spacial score (nSPS) is 28.8. The van der Waals surface area contributed by atoms with E-state index in [2.05, 4.69) is 26.8 Å². The Balaban J connectivity index is 1.41. The summed E-state index contributed by atoms with van der Waals surface area (Å²) in [6, 6.07) is 3.88. The molecule has 3 N–H and O–H groups in total. The number of allylic oxidation sites excluding steroid dienone is 1. The van der Waals surface area contributed by atoms with Crippen LogP contribution in [0.3, 0.4) is 0 Å². The van der Waals surface area contributed by atoms with Crippen LogP contribution in [0, 0.1) is 5.41 Å². The highest BCUT2D eigenvalue weighted by molar-refractivity contribution is 5.94. The van der Waals surface area contributed by atoms with Crippen LogP contribution in [-0.4, -0.2) is 50.0 Å². The highest BCUT2D eigenvalue weighted by atomic mass is 16.8. The van der Waals surface area contributed by atoms with Crippen molar-refractivity contribution in [2.45, 2.75) is 64.6 Å². The van der Waals surface area contributed by atoms with Gasteiger partial charge in [-0.05, 0) is 51.3 Å². The number of nitrogen functional groups attached to an aromatic ring is 1. The number of carbonyl (C=O) groups excluding carboxylic acids is 1. The Bertz CT molecular complexity index is 1400. The standard InChI is InChI=1S/C26H30N6O4/c1-5-6-14-9-18-23(31-19(33)12-34-18)30-16(14)10-26(4)11-17(20-21(26)36-25(2,3)35-20)32-8-7-15-22(27)28-13-29-24(15)32/h5-9,13,17,20-21H,10-12H2,1-4H3,(H2,27,28,29)(H,30,31,33)/b6-5-/t17-,20+,21+,26+/m1/s1. The maximum Gasteiger partial charge on any atom is 0.263 e. The Kier molecular flexibility index (Phi) is 5.10. The highest BCUT2D eigenvalue weighted by Crippen LogP contribution is 2.55. The van der Waals surface area contributed by atoms with Gasteiger partial charge in [0.25, 0.3) is 5.91 Å². The second-order valence-electron chi connectivity index (χ2n) is 10.6. The lowest BCUT2D eigenvalue weighted by molar-refractivity contribution is -0.167. The number of pyridine rings is 1. The highest BCUT2D eigenvalue weighted by Gasteiger charge is 2.60. The second kappa shape index (κ2) is 8.01. The largest absolute Gasteiger partial charge is 0.480 e. The van der Waals surface area contributed by atoms with E-state index in [1.807, 2.05) is 51.3 Å². The van der Waals surface area contributed by atoms with E-state index in [-0.39, 0.29) is 36.2 Å². The molecule has 36 heavy (non-hydrogen) atoms. The third-order valence-corrected chi connectivity index (χ3v) is 7.40. The van der Waals surface area contributed by atoms with Crippen LogP contribution in [0.5, 0.6) is 5.75 Å². The van der Waals surface area contributed by atoms with Gasteiger partial charge in [-0.25, -0.2) is 15.0 Å². The van der Waals surface area contributed by atoms with Gasteiger partial charge in [0.05, 0.1) is 23.2 Å². The van der Waals surface area contributed by atoms with Crippen LogP contribution in [0.1, 0.15) is 51.4 Å². The van der Waals surface area contributed by atoms with Gasteiger partial charge in [0.15, 0.2) is 24.0 Å². The van der Waals surface area contributed by atoms with Crippen molar-refractivity contribution in [3.05, 3.63) is 42.0 Å². The van der Waals surface area contributed by atoms with Gasteiger partial charge in [0.1, 0.15) is 23.9 Å². The van der Waals surface area contributed by atoms with Gasteiger partial charge < -0.3 is 29.8 Å². The Morgan fingerprint density at radius 2 is 2.11 bits per heavy atom. The van der Waals surface area contributed by atoms with Crippen molar-refractivity contribution in [2.24, 2.45) is 5.41 Å². The summed E-state index contributed by atoms with van der Waals surface area (Å²) in [5.41, 5.74) is 8.41. The molecule has 2 fully saturated rings. The number of rotatable bonds is 4. The molecule has 0 bridgehead atoms. The minimum absolute atomic E-state index is 0.00832. The van der Waals surface area contributed by atoms with Gasteiger partial charge in [-0.15, -0.1) is 0 Å². The van der Waals surface area contributed by atoms with Gasteiger partial charge in [0, 0.05) is 11.6 Å². The molecule has 10 nitrogen and oxygen atoms in total. The lowest BCUT2D eigenvalue weighted by Crippen LogP contribution is -2.36. The quantitative estimate of drug-likeness (QED) is 0.569.